The molecule has 0 fully saturated rings. The van der Waals surface area contributed by atoms with Gasteiger partial charge in [0.25, 0.3) is 0 Å². The first-order valence-corrected chi connectivity index (χ1v) is 6.33. The van der Waals surface area contributed by atoms with E-state index >= 15 is 0 Å². The molecule has 0 N–H and O–H groups in total. The molecule has 0 nitrogen and oxygen atoms in total. The third-order valence-electron chi connectivity index (χ3n) is 3.38. The van der Waals surface area contributed by atoms with Crippen LogP contribution in [0, 0.1) is 11.8 Å². The fourth-order valence-corrected chi connectivity index (χ4v) is 2.00. The zero-order valence-electron chi connectivity index (χ0n) is 10.6. The monoisotopic (exact) mass is 196 g/mol. The van der Waals surface area contributed by atoms with Gasteiger partial charge in [0.05, 0.1) is 0 Å². The second kappa shape index (κ2) is 8.08. The number of hydrogen-bond donors (Lipinski definition) is 0. The fourth-order valence-electron chi connectivity index (χ4n) is 2.00. The maximum absolute atomic E-state index is 4.14. The van der Waals surface area contributed by atoms with E-state index in [4.69, 9.17) is 0 Å². The lowest BCUT2D eigenvalue weighted by Gasteiger charge is -2.20. The lowest BCUT2D eigenvalue weighted by Crippen LogP contribution is -2.07. The van der Waals surface area contributed by atoms with Crippen molar-refractivity contribution in [1.82, 2.24) is 0 Å². The molecule has 0 heterocycles. The van der Waals surface area contributed by atoms with E-state index in [-0.39, 0.29) is 0 Å². The number of allylic oxidation sites excluding steroid dienone is 1. The molecule has 0 radical (unpaired) electrons. The van der Waals surface area contributed by atoms with E-state index in [9.17, 15) is 0 Å². The van der Waals surface area contributed by atoms with Crippen LogP contribution in [0.3, 0.4) is 0 Å². The van der Waals surface area contributed by atoms with E-state index in [2.05, 4.69) is 34.3 Å². The Morgan fingerprint density at radius 3 is 2.29 bits per heavy atom. The third-order valence-corrected chi connectivity index (χ3v) is 3.38. The molecule has 0 aromatic carbocycles. The average molecular weight is 196 g/mol. The highest BCUT2D eigenvalue weighted by atomic mass is 14.2. The predicted molar refractivity (Wildman–Crippen MR) is 66.5 cm³/mol. The summed E-state index contributed by atoms with van der Waals surface area (Å²) in [6.07, 6.45) is 7.97. The summed E-state index contributed by atoms with van der Waals surface area (Å²) in [4.78, 5) is 0. The molecule has 2 unspecified atom stereocenters. The summed E-state index contributed by atoms with van der Waals surface area (Å²) in [5, 5.41) is 0. The van der Waals surface area contributed by atoms with Gasteiger partial charge in [0.15, 0.2) is 0 Å². The Kier molecular flexibility index (Phi) is 7.93. The van der Waals surface area contributed by atoms with Gasteiger partial charge in [-0.1, -0.05) is 65.5 Å². The molecule has 0 amide bonds. The number of rotatable bonds is 8. The van der Waals surface area contributed by atoms with Crippen molar-refractivity contribution in [1.29, 1.82) is 0 Å². The molecule has 0 saturated heterocycles. The zero-order chi connectivity index (χ0) is 11.0. The van der Waals surface area contributed by atoms with Gasteiger partial charge < -0.3 is 0 Å². The van der Waals surface area contributed by atoms with Crippen LogP contribution in [0.25, 0.3) is 0 Å². The van der Waals surface area contributed by atoms with Crippen molar-refractivity contribution in [3.63, 3.8) is 0 Å². The van der Waals surface area contributed by atoms with Gasteiger partial charge in [0, 0.05) is 0 Å². The highest BCUT2D eigenvalue weighted by molar-refractivity contribution is 4.98. The first-order valence-electron chi connectivity index (χ1n) is 6.33. The molecule has 0 bridgehead atoms. The van der Waals surface area contributed by atoms with Gasteiger partial charge in [0.1, 0.15) is 0 Å². The van der Waals surface area contributed by atoms with Crippen molar-refractivity contribution >= 4 is 0 Å². The maximum atomic E-state index is 4.14. The minimum Gasteiger partial charge on any atom is -0.0996 e. The summed E-state index contributed by atoms with van der Waals surface area (Å²) in [6, 6.07) is 0. The molecule has 0 aromatic rings. The molecular formula is C14H28. The summed E-state index contributed by atoms with van der Waals surface area (Å²) in [7, 11) is 0. The van der Waals surface area contributed by atoms with Crippen molar-refractivity contribution in [2.24, 2.45) is 11.8 Å². The highest BCUT2D eigenvalue weighted by Gasteiger charge is 2.12. The Morgan fingerprint density at radius 2 is 1.86 bits per heavy atom. The van der Waals surface area contributed by atoms with Gasteiger partial charge >= 0.3 is 0 Å². The van der Waals surface area contributed by atoms with Gasteiger partial charge in [-0.2, -0.15) is 0 Å². The molecule has 2 atom stereocenters. The molecule has 14 heavy (non-hydrogen) atoms. The minimum absolute atomic E-state index is 0.724. The quantitative estimate of drug-likeness (QED) is 0.468. The lowest BCUT2D eigenvalue weighted by atomic mass is 9.85. The number of hydrogen-bond acceptors (Lipinski definition) is 0. The summed E-state index contributed by atoms with van der Waals surface area (Å²) in [5.74, 6) is 1.65. The van der Waals surface area contributed by atoms with Crippen LogP contribution in [0.1, 0.15) is 66.2 Å². The summed E-state index contributed by atoms with van der Waals surface area (Å²) >= 11 is 0. The summed E-state index contributed by atoms with van der Waals surface area (Å²) < 4.78 is 0. The first kappa shape index (κ1) is 13.7. The molecule has 0 spiro atoms. The molecule has 0 rings (SSSR count). The predicted octanol–water partition coefficient (Wildman–Crippen LogP) is 5.20. The molecule has 0 aliphatic carbocycles. The Morgan fingerprint density at radius 1 is 1.21 bits per heavy atom. The van der Waals surface area contributed by atoms with Crippen molar-refractivity contribution in [3.05, 3.63) is 12.2 Å². The average Bonchev–Trinajstić information content (AvgIpc) is 2.22. The van der Waals surface area contributed by atoms with E-state index in [1.165, 1.54) is 37.7 Å². The molecule has 84 valence electrons. The molecule has 0 aliphatic heterocycles. The fraction of sp³-hybridized carbons (Fsp3) is 0.857. The van der Waals surface area contributed by atoms with Gasteiger partial charge in [-0.15, -0.1) is 0 Å². The van der Waals surface area contributed by atoms with Crippen molar-refractivity contribution < 1.29 is 0 Å². The SMILES string of the molecule is C=C(CC)C(C)CC(CC)CCCC. The topological polar surface area (TPSA) is 0 Å². The highest BCUT2D eigenvalue weighted by Crippen LogP contribution is 2.26. The molecule has 0 aromatic heterocycles. The summed E-state index contributed by atoms with van der Waals surface area (Å²) in [5.41, 5.74) is 1.43. The molecule has 0 aliphatic rings. The van der Waals surface area contributed by atoms with Crippen molar-refractivity contribution in [2.45, 2.75) is 66.2 Å². The Hall–Kier alpha value is -0.260. The molecule has 0 heteroatoms. The Balaban J connectivity index is 3.85. The number of unbranched alkanes of at least 4 members (excludes halogenated alkanes) is 1. The van der Waals surface area contributed by atoms with E-state index in [1.807, 2.05) is 0 Å². The van der Waals surface area contributed by atoms with Crippen LogP contribution in [-0.2, 0) is 0 Å². The van der Waals surface area contributed by atoms with Gasteiger partial charge in [0.2, 0.25) is 0 Å². The zero-order valence-corrected chi connectivity index (χ0v) is 10.6. The van der Waals surface area contributed by atoms with Crippen LogP contribution in [0.4, 0.5) is 0 Å². The smallest absolute Gasteiger partial charge is 0.0232 e. The van der Waals surface area contributed by atoms with Gasteiger partial charge in [-0.3, -0.25) is 0 Å². The first-order chi connectivity index (χ1) is 6.65. The second-order valence-corrected chi connectivity index (χ2v) is 4.57. The van der Waals surface area contributed by atoms with E-state index in [0.717, 1.165) is 18.3 Å². The Labute approximate surface area is 90.8 Å². The van der Waals surface area contributed by atoms with E-state index in [0.29, 0.717) is 0 Å². The lowest BCUT2D eigenvalue weighted by molar-refractivity contribution is 0.373. The summed E-state index contributed by atoms with van der Waals surface area (Å²) in [6.45, 7) is 13.3. The second-order valence-electron chi connectivity index (χ2n) is 4.57. The third kappa shape index (κ3) is 5.47. The minimum atomic E-state index is 0.724. The molecular weight excluding hydrogens is 168 g/mol. The van der Waals surface area contributed by atoms with Crippen molar-refractivity contribution in [2.75, 3.05) is 0 Å². The van der Waals surface area contributed by atoms with Crippen LogP contribution in [-0.4, -0.2) is 0 Å². The van der Waals surface area contributed by atoms with Crippen LogP contribution in [0.5, 0.6) is 0 Å². The Bertz CT molecular complexity index is 146. The van der Waals surface area contributed by atoms with Crippen molar-refractivity contribution in [3.8, 4) is 0 Å². The normalized spacial score (nSPS) is 15.1. The largest absolute Gasteiger partial charge is 0.0996 e. The maximum Gasteiger partial charge on any atom is -0.0232 e. The van der Waals surface area contributed by atoms with Gasteiger partial charge in [-0.05, 0) is 24.7 Å². The van der Waals surface area contributed by atoms with E-state index < -0.39 is 0 Å². The van der Waals surface area contributed by atoms with Crippen LogP contribution >= 0.6 is 0 Å². The van der Waals surface area contributed by atoms with Crippen LogP contribution in [0.2, 0.25) is 0 Å². The van der Waals surface area contributed by atoms with E-state index in [1.54, 1.807) is 0 Å². The van der Waals surface area contributed by atoms with Gasteiger partial charge in [-0.25, -0.2) is 0 Å². The van der Waals surface area contributed by atoms with Crippen LogP contribution < -0.4 is 0 Å². The standard InChI is InChI=1S/C14H28/c1-6-9-10-14(8-3)11-13(5)12(4)7-2/h13-14H,4,6-11H2,1-3,5H3. The van der Waals surface area contributed by atoms with Crippen LogP contribution in [0.15, 0.2) is 12.2 Å². The molecule has 0 saturated carbocycles.